The van der Waals surface area contributed by atoms with Gasteiger partial charge in [-0.15, -0.1) is 12.4 Å². The summed E-state index contributed by atoms with van der Waals surface area (Å²) in [4.78, 5) is 18.1. The van der Waals surface area contributed by atoms with Gasteiger partial charge >= 0.3 is 5.97 Å². The molecule has 1 aromatic heterocycles. The first-order valence-corrected chi connectivity index (χ1v) is 8.13. The molecule has 0 fully saturated rings. The van der Waals surface area contributed by atoms with Gasteiger partial charge in [0.2, 0.25) is 0 Å². The molecule has 0 bridgehead atoms. The van der Waals surface area contributed by atoms with E-state index in [1.165, 1.54) is 0 Å². The molecule has 0 atom stereocenters. The molecule has 0 aliphatic rings. The summed E-state index contributed by atoms with van der Waals surface area (Å²) in [6.07, 6.45) is 0. The third-order valence-electron chi connectivity index (χ3n) is 4.29. The molecule has 2 aromatic carbocycles. The van der Waals surface area contributed by atoms with E-state index in [-0.39, 0.29) is 18.4 Å². The SMILES string of the molecule is CCN(CC)CCOC(=O)c1cccc2[nH]c3ccccc3c12.Cl. The molecule has 5 heteroatoms. The number of fused-ring (bicyclic) bond motifs is 3. The number of H-pyrrole nitrogens is 1. The Morgan fingerprint density at radius 2 is 1.75 bits per heavy atom. The Labute approximate surface area is 148 Å². The molecule has 0 amide bonds. The van der Waals surface area contributed by atoms with Crippen LogP contribution in [0.1, 0.15) is 24.2 Å². The zero-order valence-corrected chi connectivity index (χ0v) is 14.9. The molecule has 0 saturated heterocycles. The van der Waals surface area contributed by atoms with Crippen molar-refractivity contribution in [1.29, 1.82) is 0 Å². The van der Waals surface area contributed by atoms with Crippen LogP contribution in [-0.4, -0.2) is 42.1 Å². The normalized spacial score (nSPS) is 11.0. The van der Waals surface area contributed by atoms with Crippen LogP contribution in [0.4, 0.5) is 0 Å². The van der Waals surface area contributed by atoms with Crippen molar-refractivity contribution in [1.82, 2.24) is 9.88 Å². The lowest BCUT2D eigenvalue weighted by Gasteiger charge is -2.17. The van der Waals surface area contributed by atoms with Crippen molar-refractivity contribution < 1.29 is 9.53 Å². The summed E-state index contributed by atoms with van der Waals surface area (Å²) in [5, 5.41) is 2.00. The lowest BCUT2D eigenvalue weighted by molar-refractivity contribution is 0.0469. The molecular weight excluding hydrogens is 324 g/mol. The van der Waals surface area contributed by atoms with Crippen molar-refractivity contribution in [3.63, 3.8) is 0 Å². The molecule has 1 N–H and O–H groups in total. The maximum atomic E-state index is 12.5. The molecule has 0 unspecified atom stereocenters. The van der Waals surface area contributed by atoms with E-state index in [0.29, 0.717) is 12.2 Å². The van der Waals surface area contributed by atoms with Crippen molar-refractivity contribution >= 4 is 40.2 Å². The van der Waals surface area contributed by atoms with Gasteiger partial charge in [-0.05, 0) is 31.3 Å². The van der Waals surface area contributed by atoms with E-state index < -0.39 is 0 Å². The van der Waals surface area contributed by atoms with E-state index in [1.54, 1.807) is 0 Å². The van der Waals surface area contributed by atoms with E-state index in [0.717, 1.165) is 41.4 Å². The molecule has 1 heterocycles. The lowest BCUT2D eigenvalue weighted by atomic mass is 10.1. The highest BCUT2D eigenvalue weighted by atomic mass is 35.5. The first-order chi connectivity index (χ1) is 11.2. The van der Waals surface area contributed by atoms with Crippen LogP contribution >= 0.6 is 12.4 Å². The van der Waals surface area contributed by atoms with E-state index in [4.69, 9.17) is 4.74 Å². The maximum Gasteiger partial charge on any atom is 0.338 e. The summed E-state index contributed by atoms with van der Waals surface area (Å²) < 4.78 is 5.49. The lowest BCUT2D eigenvalue weighted by Crippen LogP contribution is -2.27. The highest BCUT2D eigenvalue weighted by Crippen LogP contribution is 2.28. The summed E-state index contributed by atoms with van der Waals surface area (Å²) in [6.45, 7) is 7.33. The number of carbonyl (C=O) groups is 1. The quantitative estimate of drug-likeness (QED) is 0.679. The molecule has 0 radical (unpaired) electrons. The number of carbonyl (C=O) groups excluding carboxylic acids is 1. The van der Waals surface area contributed by atoms with Crippen LogP contribution in [0.15, 0.2) is 42.5 Å². The number of nitrogens with one attached hydrogen (secondary N) is 1. The summed E-state index contributed by atoms with van der Waals surface area (Å²) in [6, 6.07) is 13.7. The predicted molar refractivity (Wildman–Crippen MR) is 101 cm³/mol. The number of nitrogens with zero attached hydrogens (tertiary/aromatic N) is 1. The van der Waals surface area contributed by atoms with Crippen LogP contribution < -0.4 is 0 Å². The molecule has 0 spiro atoms. The summed E-state index contributed by atoms with van der Waals surface area (Å²) in [5.74, 6) is -0.257. The fourth-order valence-electron chi connectivity index (χ4n) is 2.96. The fourth-order valence-corrected chi connectivity index (χ4v) is 2.96. The monoisotopic (exact) mass is 346 g/mol. The van der Waals surface area contributed by atoms with Crippen LogP contribution in [0.3, 0.4) is 0 Å². The van der Waals surface area contributed by atoms with Crippen LogP contribution in [0, 0.1) is 0 Å². The first-order valence-electron chi connectivity index (χ1n) is 8.13. The summed E-state index contributed by atoms with van der Waals surface area (Å²) in [5.41, 5.74) is 2.62. The maximum absolute atomic E-state index is 12.5. The van der Waals surface area contributed by atoms with E-state index in [2.05, 4.69) is 23.7 Å². The molecule has 3 aromatic rings. The Balaban J connectivity index is 0.00000208. The molecule has 128 valence electrons. The Bertz CT molecular complexity index is 824. The largest absolute Gasteiger partial charge is 0.461 e. The van der Waals surface area contributed by atoms with Gasteiger partial charge in [0.05, 0.1) is 5.56 Å². The van der Waals surface area contributed by atoms with Crippen LogP contribution in [0.2, 0.25) is 0 Å². The predicted octanol–water partition coefficient (Wildman–Crippen LogP) is 4.24. The van der Waals surface area contributed by atoms with Gasteiger partial charge in [0, 0.05) is 28.4 Å². The van der Waals surface area contributed by atoms with Crippen molar-refractivity contribution in [2.75, 3.05) is 26.2 Å². The fraction of sp³-hybridized carbons (Fsp3) is 0.316. The Morgan fingerprint density at radius 1 is 1.04 bits per heavy atom. The van der Waals surface area contributed by atoms with Crippen LogP contribution in [-0.2, 0) is 4.74 Å². The number of likely N-dealkylation sites (N-methyl/N-ethyl adjacent to an activating group) is 1. The molecule has 3 rings (SSSR count). The summed E-state index contributed by atoms with van der Waals surface area (Å²) >= 11 is 0. The Kier molecular flexibility index (Phi) is 6.23. The van der Waals surface area contributed by atoms with Gasteiger partial charge in [-0.1, -0.05) is 38.1 Å². The van der Waals surface area contributed by atoms with Gasteiger partial charge < -0.3 is 14.6 Å². The van der Waals surface area contributed by atoms with Crippen molar-refractivity contribution in [2.24, 2.45) is 0 Å². The second-order valence-corrected chi connectivity index (χ2v) is 5.56. The number of hydrogen-bond donors (Lipinski definition) is 1. The van der Waals surface area contributed by atoms with E-state index >= 15 is 0 Å². The molecule has 0 saturated carbocycles. The smallest absolute Gasteiger partial charge is 0.338 e. The minimum atomic E-state index is -0.257. The second-order valence-electron chi connectivity index (χ2n) is 5.56. The van der Waals surface area contributed by atoms with E-state index in [9.17, 15) is 4.79 Å². The Morgan fingerprint density at radius 3 is 2.50 bits per heavy atom. The minimum Gasteiger partial charge on any atom is -0.461 e. The topological polar surface area (TPSA) is 45.3 Å². The molecule has 24 heavy (non-hydrogen) atoms. The molecular formula is C19H23ClN2O2. The van der Waals surface area contributed by atoms with Gasteiger partial charge in [0.25, 0.3) is 0 Å². The standard InChI is InChI=1S/C19H22N2O2.ClH/c1-3-21(4-2)12-13-23-19(22)15-9-7-11-17-18(15)14-8-5-6-10-16(14)20-17;/h5-11,20H,3-4,12-13H2,1-2H3;1H. The number of halogens is 1. The Hall–Kier alpha value is -2.04. The van der Waals surface area contributed by atoms with Gasteiger partial charge in [-0.3, -0.25) is 0 Å². The van der Waals surface area contributed by atoms with E-state index in [1.807, 2.05) is 42.5 Å². The molecule has 0 aliphatic heterocycles. The number of aromatic amines is 1. The zero-order chi connectivity index (χ0) is 16.2. The van der Waals surface area contributed by atoms with Gasteiger partial charge in [0.15, 0.2) is 0 Å². The average molecular weight is 347 g/mol. The van der Waals surface area contributed by atoms with Gasteiger partial charge in [-0.25, -0.2) is 4.79 Å². The number of para-hydroxylation sites is 1. The average Bonchev–Trinajstić information content (AvgIpc) is 2.97. The van der Waals surface area contributed by atoms with Gasteiger partial charge in [-0.2, -0.15) is 0 Å². The highest BCUT2D eigenvalue weighted by Gasteiger charge is 2.15. The van der Waals surface area contributed by atoms with Crippen LogP contribution in [0.25, 0.3) is 21.8 Å². The van der Waals surface area contributed by atoms with Crippen molar-refractivity contribution in [3.05, 3.63) is 48.0 Å². The number of benzene rings is 2. The van der Waals surface area contributed by atoms with Crippen LogP contribution in [0.5, 0.6) is 0 Å². The second kappa shape index (κ2) is 8.18. The third-order valence-corrected chi connectivity index (χ3v) is 4.29. The third kappa shape index (κ3) is 3.55. The zero-order valence-electron chi connectivity index (χ0n) is 14.0. The number of ether oxygens (including phenoxy) is 1. The molecule has 0 aliphatic carbocycles. The highest BCUT2D eigenvalue weighted by molar-refractivity contribution is 6.16. The minimum absolute atomic E-state index is 0. The number of rotatable bonds is 6. The first kappa shape index (κ1) is 18.3. The van der Waals surface area contributed by atoms with Gasteiger partial charge in [0.1, 0.15) is 6.61 Å². The number of hydrogen-bond acceptors (Lipinski definition) is 3. The summed E-state index contributed by atoms with van der Waals surface area (Å²) in [7, 11) is 0. The molecule has 4 nitrogen and oxygen atoms in total. The number of esters is 1. The number of aromatic nitrogens is 1. The van der Waals surface area contributed by atoms with Crippen molar-refractivity contribution in [2.45, 2.75) is 13.8 Å². The van der Waals surface area contributed by atoms with Crippen molar-refractivity contribution in [3.8, 4) is 0 Å².